The smallest absolute Gasteiger partial charge is 0.335 e. The van der Waals surface area contributed by atoms with Gasteiger partial charge in [0.1, 0.15) is 0 Å². The summed E-state index contributed by atoms with van der Waals surface area (Å²) in [5.41, 5.74) is 2.71. The summed E-state index contributed by atoms with van der Waals surface area (Å²) in [6.45, 7) is 1.97. The van der Waals surface area contributed by atoms with Gasteiger partial charge in [-0.15, -0.1) is 0 Å². The lowest BCUT2D eigenvalue weighted by atomic mass is 10.1. The summed E-state index contributed by atoms with van der Waals surface area (Å²) in [4.78, 5) is 15.3. The zero-order valence-electron chi connectivity index (χ0n) is 11.3. The van der Waals surface area contributed by atoms with Gasteiger partial charge >= 0.3 is 5.97 Å². The number of carbonyl (C=O) groups is 1. The van der Waals surface area contributed by atoms with Gasteiger partial charge in [0.05, 0.1) is 5.56 Å². The number of rotatable bonds is 3. The molecule has 0 saturated heterocycles. The second kappa shape index (κ2) is 5.20. The van der Waals surface area contributed by atoms with E-state index < -0.39 is 5.97 Å². The fourth-order valence-corrected chi connectivity index (χ4v) is 2.06. The van der Waals surface area contributed by atoms with Crippen molar-refractivity contribution in [3.05, 3.63) is 59.7 Å². The molecule has 3 rings (SSSR count). The van der Waals surface area contributed by atoms with Gasteiger partial charge in [-0.05, 0) is 30.7 Å². The molecule has 0 fully saturated rings. The van der Waals surface area contributed by atoms with Crippen LogP contribution < -0.4 is 0 Å². The number of aromatic nitrogens is 2. The summed E-state index contributed by atoms with van der Waals surface area (Å²) in [7, 11) is 0. The molecule has 0 spiro atoms. The SMILES string of the molecule is Cc1ccccc1-c1noc(-c2cccc(C(=O)O)c2)n1. The van der Waals surface area contributed by atoms with E-state index in [2.05, 4.69) is 10.1 Å². The van der Waals surface area contributed by atoms with Gasteiger partial charge in [-0.3, -0.25) is 0 Å². The van der Waals surface area contributed by atoms with Gasteiger partial charge in [0.15, 0.2) is 0 Å². The molecule has 3 aromatic rings. The Morgan fingerprint density at radius 2 is 1.95 bits per heavy atom. The van der Waals surface area contributed by atoms with Crippen molar-refractivity contribution in [3.8, 4) is 22.8 Å². The quantitative estimate of drug-likeness (QED) is 0.795. The molecule has 0 atom stereocenters. The Balaban J connectivity index is 2.01. The molecule has 1 heterocycles. The third-order valence-electron chi connectivity index (χ3n) is 3.17. The van der Waals surface area contributed by atoms with E-state index in [4.69, 9.17) is 9.63 Å². The third-order valence-corrected chi connectivity index (χ3v) is 3.17. The van der Waals surface area contributed by atoms with Crippen molar-refractivity contribution in [3.63, 3.8) is 0 Å². The van der Waals surface area contributed by atoms with Crippen LogP contribution in [0.25, 0.3) is 22.8 Å². The first-order valence-electron chi connectivity index (χ1n) is 6.38. The maximum atomic E-state index is 11.0. The number of aryl methyl sites for hydroxylation is 1. The molecule has 0 amide bonds. The van der Waals surface area contributed by atoms with E-state index in [1.165, 1.54) is 12.1 Å². The lowest BCUT2D eigenvalue weighted by Gasteiger charge is -1.98. The number of aromatic carboxylic acids is 1. The molecular weight excluding hydrogens is 268 g/mol. The van der Waals surface area contributed by atoms with Gasteiger partial charge in [0.25, 0.3) is 5.89 Å². The predicted octanol–water partition coefficient (Wildman–Crippen LogP) is 3.41. The minimum atomic E-state index is -0.990. The molecule has 0 saturated carbocycles. The number of hydrogen-bond donors (Lipinski definition) is 1. The van der Waals surface area contributed by atoms with Gasteiger partial charge in [0.2, 0.25) is 5.82 Å². The molecule has 0 unspecified atom stereocenters. The van der Waals surface area contributed by atoms with Gasteiger partial charge in [-0.25, -0.2) is 4.79 Å². The van der Waals surface area contributed by atoms with E-state index in [1.807, 2.05) is 31.2 Å². The highest BCUT2D eigenvalue weighted by Crippen LogP contribution is 2.24. The molecule has 104 valence electrons. The second-order valence-corrected chi connectivity index (χ2v) is 4.62. The summed E-state index contributed by atoms with van der Waals surface area (Å²) in [6, 6.07) is 14.1. The summed E-state index contributed by atoms with van der Waals surface area (Å²) in [6.07, 6.45) is 0. The molecule has 5 heteroatoms. The van der Waals surface area contributed by atoms with Crippen LogP contribution in [0.3, 0.4) is 0 Å². The van der Waals surface area contributed by atoms with Gasteiger partial charge < -0.3 is 9.63 Å². The molecule has 0 aliphatic rings. The van der Waals surface area contributed by atoms with Crippen LogP contribution in [0, 0.1) is 6.92 Å². The largest absolute Gasteiger partial charge is 0.478 e. The number of benzene rings is 2. The summed E-state index contributed by atoms with van der Waals surface area (Å²) in [5, 5.41) is 13.0. The summed E-state index contributed by atoms with van der Waals surface area (Å²) < 4.78 is 5.24. The lowest BCUT2D eigenvalue weighted by Crippen LogP contribution is -1.95. The molecule has 21 heavy (non-hydrogen) atoms. The van der Waals surface area contributed by atoms with Crippen LogP contribution in [0.1, 0.15) is 15.9 Å². The van der Waals surface area contributed by atoms with Crippen LogP contribution in [-0.2, 0) is 0 Å². The predicted molar refractivity (Wildman–Crippen MR) is 76.9 cm³/mol. The molecule has 1 N–H and O–H groups in total. The standard InChI is InChI=1S/C16H12N2O3/c1-10-5-2-3-8-13(10)14-17-15(21-18-14)11-6-4-7-12(9-11)16(19)20/h2-9H,1H3,(H,19,20). The summed E-state index contributed by atoms with van der Waals surface area (Å²) >= 11 is 0. The van der Waals surface area contributed by atoms with E-state index in [0.29, 0.717) is 17.3 Å². The van der Waals surface area contributed by atoms with Gasteiger partial charge in [0, 0.05) is 11.1 Å². The number of carboxylic acid groups (broad SMARTS) is 1. The molecular formula is C16H12N2O3. The van der Waals surface area contributed by atoms with Gasteiger partial charge in [-0.1, -0.05) is 35.5 Å². The van der Waals surface area contributed by atoms with E-state index in [1.54, 1.807) is 12.1 Å². The van der Waals surface area contributed by atoms with Crippen molar-refractivity contribution < 1.29 is 14.4 Å². The highest BCUT2D eigenvalue weighted by Gasteiger charge is 2.13. The number of hydrogen-bond acceptors (Lipinski definition) is 4. The van der Waals surface area contributed by atoms with Crippen LogP contribution in [0.5, 0.6) is 0 Å². The zero-order chi connectivity index (χ0) is 14.8. The first kappa shape index (κ1) is 13.1. The van der Waals surface area contributed by atoms with E-state index in [-0.39, 0.29) is 5.56 Å². The van der Waals surface area contributed by atoms with Crippen LogP contribution in [0.15, 0.2) is 53.1 Å². The first-order chi connectivity index (χ1) is 10.1. The Hall–Kier alpha value is -2.95. The van der Waals surface area contributed by atoms with Crippen molar-refractivity contribution in [1.29, 1.82) is 0 Å². The molecule has 5 nitrogen and oxygen atoms in total. The molecule has 0 radical (unpaired) electrons. The minimum absolute atomic E-state index is 0.183. The van der Waals surface area contributed by atoms with Crippen LogP contribution >= 0.6 is 0 Å². The van der Waals surface area contributed by atoms with Crippen molar-refractivity contribution in [2.24, 2.45) is 0 Å². The highest BCUT2D eigenvalue weighted by molar-refractivity contribution is 5.89. The average molecular weight is 280 g/mol. The third kappa shape index (κ3) is 2.53. The number of nitrogens with zero attached hydrogens (tertiary/aromatic N) is 2. The van der Waals surface area contributed by atoms with Gasteiger partial charge in [-0.2, -0.15) is 4.98 Å². The zero-order valence-corrected chi connectivity index (χ0v) is 11.3. The van der Waals surface area contributed by atoms with E-state index >= 15 is 0 Å². The Morgan fingerprint density at radius 1 is 1.14 bits per heavy atom. The molecule has 1 aromatic heterocycles. The second-order valence-electron chi connectivity index (χ2n) is 4.62. The van der Waals surface area contributed by atoms with Crippen molar-refractivity contribution >= 4 is 5.97 Å². The first-order valence-corrected chi connectivity index (χ1v) is 6.38. The Kier molecular flexibility index (Phi) is 3.23. The van der Waals surface area contributed by atoms with Crippen molar-refractivity contribution in [1.82, 2.24) is 10.1 Å². The van der Waals surface area contributed by atoms with Crippen LogP contribution in [-0.4, -0.2) is 21.2 Å². The molecule has 2 aromatic carbocycles. The highest BCUT2D eigenvalue weighted by atomic mass is 16.5. The number of carboxylic acids is 1. The fraction of sp³-hybridized carbons (Fsp3) is 0.0625. The van der Waals surface area contributed by atoms with Crippen molar-refractivity contribution in [2.75, 3.05) is 0 Å². The Morgan fingerprint density at radius 3 is 2.71 bits per heavy atom. The molecule has 0 aliphatic carbocycles. The Bertz CT molecular complexity index is 809. The normalized spacial score (nSPS) is 10.5. The van der Waals surface area contributed by atoms with Crippen LogP contribution in [0.2, 0.25) is 0 Å². The molecule has 0 aliphatic heterocycles. The monoisotopic (exact) mass is 280 g/mol. The maximum absolute atomic E-state index is 11.0. The maximum Gasteiger partial charge on any atom is 0.335 e. The topological polar surface area (TPSA) is 76.2 Å². The Labute approximate surface area is 120 Å². The van der Waals surface area contributed by atoms with E-state index in [9.17, 15) is 4.79 Å². The molecule has 0 bridgehead atoms. The lowest BCUT2D eigenvalue weighted by molar-refractivity contribution is 0.0697. The van der Waals surface area contributed by atoms with E-state index in [0.717, 1.165) is 11.1 Å². The average Bonchev–Trinajstić information content (AvgIpc) is 2.97. The van der Waals surface area contributed by atoms with Crippen molar-refractivity contribution in [2.45, 2.75) is 6.92 Å². The summed E-state index contributed by atoms with van der Waals surface area (Å²) in [5.74, 6) is -0.198. The minimum Gasteiger partial charge on any atom is -0.478 e. The fourth-order valence-electron chi connectivity index (χ4n) is 2.06. The van der Waals surface area contributed by atoms with Crippen LogP contribution in [0.4, 0.5) is 0 Å².